The number of phenols is 1. The maximum atomic E-state index is 12.2. The Morgan fingerprint density at radius 2 is 1.96 bits per heavy atom. The number of amides is 1. The molecule has 2 saturated heterocycles. The third kappa shape index (κ3) is 4.38. The fraction of sp³-hybridized carbons (Fsp3) is 0.588. The van der Waals surface area contributed by atoms with E-state index in [2.05, 4.69) is 0 Å². The number of likely N-dealkylation sites (tertiary alicyclic amines) is 1. The molecule has 2 aliphatic heterocycles. The van der Waals surface area contributed by atoms with E-state index >= 15 is 0 Å². The predicted octanol–water partition coefficient (Wildman–Crippen LogP) is 2.35. The molecule has 0 spiro atoms. The van der Waals surface area contributed by atoms with Gasteiger partial charge < -0.3 is 25.2 Å². The molecule has 6 nitrogen and oxygen atoms in total. The molecule has 0 aromatic heterocycles. The molecule has 1 atom stereocenters. The van der Waals surface area contributed by atoms with Crippen molar-refractivity contribution in [3.63, 3.8) is 0 Å². The van der Waals surface area contributed by atoms with Crippen molar-refractivity contribution in [2.75, 3.05) is 32.9 Å². The first-order chi connectivity index (χ1) is 12.0. The molecule has 1 aromatic rings. The van der Waals surface area contributed by atoms with Crippen LogP contribution in [0.25, 0.3) is 0 Å². The number of halogens is 2. The summed E-state index contributed by atoms with van der Waals surface area (Å²) >= 11 is 11.9. The summed E-state index contributed by atoms with van der Waals surface area (Å²) in [6, 6.07) is 2.69. The zero-order chi connectivity index (χ0) is 18.0. The Balaban J connectivity index is 1.52. The van der Waals surface area contributed by atoms with Crippen LogP contribution < -0.4 is 5.73 Å². The molecular formula is C17H22Cl2N2O4. The minimum Gasteiger partial charge on any atom is -0.508 e. The molecule has 2 heterocycles. The highest BCUT2D eigenvalue weighted by Crippen LogP contribution is 2.37. The molecule has 0 saturated carbocycles. The molecule has 25 heavy (non-hydrogen) atoms. The van der Waals surface area contributed by atoms with Crippen molar-refractivity contribution in [2.24, 2.45) is 11.7 Å². The van der Waals surface area contributed by atoms with Crippen LogP contribution in [0, 0.1) is 5.92 Å². The van der Waals surface area contributed by atoms with Crippen LogP contribution in [0.15, 0.2) is 12.1 Å². The summed E-state index contributed by atoms with van der Waals surface area (Å²) in [4.78, 5) is 14.0. The largest absolute Gasteiger partial charge is 0.508 e. The van der Waals surface area contributed by atoms with Crippen molar-refractivity contribution >= 4 is 29.1 Å². The average molecular weight is 389 g/mol. The highest BCUT2D eigenvalue weighted by molar-refractivity contribution is 6.42. The number of phenolic OH excluding ortho intramolecular Hbond substituents is 1. The molecule has 1 amide bonds. The predicted molar refractivity (Wildman–Crippen MR) is 94.9 cm³/mol. The molecule has 1 aromatic carbocycles. The van der Waals surface area contributed by atoms with Crippen LogP contribution in [0.5, 0.6) is 5.75 Å². The van der Waals surface area contributed by atoms with Gasteiger partial charge in [-0.15, -0.1) is 0 Å². The lowest BCUT2D eigenvalue weighted by Crippen LogP contribution is -2.44. The summed E-state index contributed by atoms with van der Waals surface area (Å²) in [5, 5.41) is 10.8. The van der Waals surface area contributed by atoms with Gasteiger partial charge in [-0.25, -0.2) is 0 Å². The second-order valence-corrected chi connectivity index (χ2v) is 7.35. The maximum absolute atomic E-state index is 12.2. The Hall–Kier alpha value is -1.05. The zero-order valence-corrected chi connectivity index (χ0v) is 15.3. The van der Waals surface area contributed by atoms with E-state index in [-0.39, 0.29) is 36.3 Å². The number of nitrogens with two attached hydrogens (primary N) is 1. The molecule has 0 aliphatic carbocycles. The SMILES string of the molecule is NC(c1cc(Cl)c(Cl)cc1O)C1CCN(C(=O)COC2COC2)CC1. The fourth-order valence-electron chi connectivity index (χ4n) is 3.17. The van der Waals surface area contributed by atoms with Gasteiger partial charge in [0.15, 0.2) is 0 Å². The van der Waals surface area contributed by atoms with Gasteiger partial charge >= 0.3 is 0 Å². The van der Waals surface area contributed by atoms with E-state index in [9.17, 15) is 9.90 Å². The van der Waals surface area contributed by atoms with Crippen molar-refractivity contribution in [3.8, 4) is 5.75 Å². The molecule has 3 rings (SSSR count). The molecular weight excluding hydrogens is 367 g/mol. The number of hydrogen-bond donors (Lipinski definition) is 2. The summed E-state index contributed by atoms with van der Waals surface area (Å²) in [6.45, 7) is 2.49. The van der Waals surface area contributed by atoms with Crippen LogP contribution in [-0.4, -0.2) is 54.9 Å². The van der Waals surface area contributed by atoms with Crippen LogP contribution in [0.3, 0.4) is 0 Å². The molecule has 3 N–H and O–H groups in total. The number of rotatable bonds is 5. The zero-order valence-electron chi connectivity index (χ0n) is 13.8. The van der Waals surface area contributed by atoms with Gasteiger partial charge in [-0.3, -0.25) is 4.79 Å². The number of carbonyl (C=O) groups is 1. The van der Waals surface area contributed by atoms with Gasteiger partial charge in [-0.1, -0.05) is 23.2 Å². The first-order valence-corrected chi connectivity index (χ1v) is 9.12. The molecule has 1 unspecified atom stereocenters. The monoisotopic (exact) mass is 388 g/mol. The van der Waals surface area contributed by atoms with Gasteiger partial charge in [0.1, 0.15) is 18.5 Å². The Labute approximate surface area is 156 Å². The Morgan fingerprint density at radius 3 is 2.56 bits per heavy atom. The van der Waals surface area contributed by atoms with E-state index in [4.69, 9.17) is 38.4 Å². The second kappa shape index (κ2) is 8.10. The van der Waals surface area contributed by atoms with Crippen molar-refractivity contribution in [1.82, 2.24) is 4.90 Å². The van der Waals surface area contributed by atoms with Gasteiger partial charge in [-0.05, 0) is 24.8 Å². The number of nitrogens with zero attached hydrogens (tertiary/aromatic N) is 1. The lowest BCUT2D eigenvalue weighted by molar-refractivity contribution is -0.156. The topological polar surface area (TPSA) is 85.0 Å². The van der Waals surface area contributed by atoms with Gasteiger partial charge in [0.05, 0.1) is 23.3 Å². The summed E-state index contributed by atoms with van der Waals surface area (Å²) < 4.78 is 10.5. The van der Waals surface area contributed by atoms with Crippen LogP contribution in [0.2, 0.25) is 10.0 Å². The van der Waals surface area contributed by atoms with Crippen LogP contribution in [-0.2, 0) is 14.3 Å². The summed E-state index contributed by atoms with van der Waals surface area (Å²) in [5.74, 6) is 0.209. The van der Waals surface area contributed by atoms with Gasteiger partial charge in [0, 0.05) is 30.8 Å². The number of hydrogen-bond acceptors (Lipinski definition) is 5. The molecule has 2 fully saturated rings. The Bertz CT molecular complexity index is 631. The van der Waals surface area contributed by atoms with Crippen molar-refractivity contribution in [3.05, 3.63) is 27.7 Å². The highest BCUT2D eigenvalue weighted by Gasteiger charge is 2.30. The first-order valence-electron chi connectivity index (χ1n) is 8.36. The van der Waals surface area contributed by atoms with E-state index in [0.717, 1.165) is 12.8 Å². The van der Waals surface area contributed by atoms with Crippen LogP contribution >= 0.6 is 23.2 Å². The maximum Gasteiger partial charge on any atom is 0.248 e. The number of ether oxygens (including phenoxy) is 2. The number of aromatic hydroxyl groups is 1. The lowest BCUT2D eigenvalue weighted by Gasteiger charge is -2.35. The first kappa shape index (κ1) is 18.7. The second-order valence-electron chi connectivity index (χ2n) is 6.54. The normalized spacial score (nSPS) is 20.4. The van der Waals surface area contributed by atoms with Gasteiger partial charge in [0.25, 0.3) is 0 Å². The highest BCUT2D eigenvalue weighted by atomic mass is 35.5. The minimum absolute atomic E-state index is 0.00342. The van der Waals surface area contributed by atoms with E-state index in [1.807, 2.05) is 0 Å². The van der Waals surface area contributed by atoms with E-state index < -0.39 is 0 Å². The minimum atomic E-state index is -0.351. The molecule has 0 bridgehead atoms. The number of piperidine rings is 1. The third-order valence-corrected chi connectivity index (χ3v) is 5.60. The average Bonchev–Trinajstić information content (AvgIpc) is 2.56. The van der Waals surface area contributed by atoms with E-state index in [0.29, 0.717) is 41.9 Å². The Morgan fingerprint density at radius 1 is 1.32 bits per heavy atom. The van der Waals surface area contributed by atoms with Gasteiger partial charge in [0.2, 0.25) is 5.91 Å². The van der Waals surface area contributed by atoms with Crippen molar-refractivity contribution in [1.29, 1.82) is 0 Å². The number of benzene rings is 1. The van der Waals surface area contributed by atoms with Gasteiger partial charge in [-0.2, -0.15) is 0 Å². The van der Waals surface area contributed by atoms with E-state index in [1.54, 1.807) is 11.0 Å². The molecule has 0 radical (unpaired) electrons. The molecule has 8 heteroatoms. The number of carbonyl (C=O) groups excluding carboxylic acids is 1. The third-order valence-electron chi connectivity index (χ3n) is 4.88. The smallest absolute Gasteiger partial charge is 0.248 e. The lowest BCUT2D eigenvalue weighted by atomic mass is 9.85. The van der Waals surface area contributed by atoms with Crippen LogP contribution in [0.1, 0.15) is 24.4 Å². The fourth-order valence-corrected chi connectivity index (χ4v) is 3.50. The molecule has 2 aliphatic rings. The Kier molecular flexibility index (Phi) is 6.07. The summed E-state index contributed by atoms with van der Waals surface area (Å²) in [5.41, 5.74) is 6.92. The van der Waals surface area contributed by atoms with Crippen molar-refractivity contribution in [2.45, 2.75) is 25.0 Å². The van der Waals surface area contributed by atoms with Crippen LogP contribution in [0.4, 0.5) is 0 Å². The van der Waals surface area contributed by atoms with E-state index in [1.165, 1.54) is 6.07 Å². The standard InChI is InChI=1S/C17H22Cl2N2O4/c18-13-5-12(15(22)6-14(13)19)17(20)10-1-3-21(4-2-10)16(23)9-25-11-7-24-8-11/h5-6,10-11,17,22H,1-4,7-9,20H2. The summed E-state index contributed by atoms with van der Waals surface area (Å²) in [7, 11) is 0. The molecule has 138 valence electrons. The summed E-state index contributed by atoms with van der Waals surface area (Å²) in [6.07, 6.45) is 1.57. The quantitative estimate of drug-likeness (QED) is 0.808. The van der Waals surface area contributed by atoms with Crippen molar-refractivity contribution < 1.29 is 19.4 Å².